The van der Waals surface area contributed by atoms with Crippen LogP contribution in [0, 0.1) is 5.92 Å². The number of aliphatic hydroxyl groups is 4. The molecule has 5 rings (SSSR count). The van der Waals surface area contributed by atoms with Crippen LogP contribution in [0.2, 0.25) is 0 Å². The monoisotopic (exact) mass is 578 g/mol. The average Bonchev–Trinajstić information content (AvgIpc) is 3.60. The summed E-state index contributed by atoms with van der Waals surface area (Å²) >= 11 is 0. The molecule has 1 amide bonds. The van der Waals surface area contributed by atoms with E-state index >= 15 is 0 Å². The predicted octanol–water partition coefficient (Wildman–Crippen LogP) is -0.519. The summed E-state index contributed by atoms with van der Waals surface area (Å²) in [5.74, 6) is -0.575. The van der Waals surface area contributed by atoms with Crippen LogP contribution in [-0.2, 0) is 31.9 Å². The molecular weight excluding hydrogens is 540 g/mol. The lowest BCUT2D eigenvalue weighted by Crippen LogP contribution is -2.60. The van der Waals surface area contributed by atoms with Gasteiger partial charge in [-0.1, -0.05) is 0 Å². The SMILES string of the molecule is CCOC(=O)C1CCc2c(c(OC3OC(CO)C(O)C(O)C3O)c(OCCNC)c3occ(C4CNC(=O)C4)c23)C1. The number of hydrogen-bond donors (Lipinski definition) is 6. The van der Waals surface area contributed by atoms with Gasteiger partial charge in [-0.2, -0.15) is 0 Å². The van der Waals surface area contributed by atoms with Crippen molar-refractivity contribution in [1.29, 1.82) is 0 Å². The zero-order valence-electron chi connectivity index (χ0n) is 23.1. The summed E-state index contributed by atoms with van der Waals surface area (Å²) in [5.41, 5.74) is 2.74. The van der Waals surface area contributed by atoms with Crippen LogP contribution in [-0.4, -0.2) is 103 Å². The fourth-order valence-corrected chi connectivity index (χ4v) is 5.92. The van der Waals surface area contributed by atoms with Crippen molar-refractivity contribution in [2.45, 2.75) is 69.2 Å². The molecule has 13 heteroatoms. The van der Waals surface area contributed by atoms with Crippen molar-refractivity contribution in [1.82, 2.24) is 10.6 Å². The smallest absolute Gasteiger partial charge is 0.309 e. The number of nitrogens with one attached hydrogen (secondary N) is 2. The van der Waals surface area contributed by atoms with Gasteiger partial charge < -0.3 is 54.4 Å². The number of rotatable bonds is 10. The number of furan rings is 1. The lowest BCUT2D eigenvalue weighted by atomic mass is 9.80. The fraction of sp³-hybridized carbons (Fsp3) is 0.643. The highest BCUT2D eigenvalue weighted by Crippen LogP contribution is 2.50. The molecule has 1 aromatic carbocycles. The third-order valence-electron chi connectivity index (χ3n) is 8.08. The van der Waals surface area contributed by atoms with E-state index < -0.39 is 43.2 Å². The zero-order chi connectivity index (χ0) is 29.3. The predicted molar refractivity (Wildman–Crippen MR) is 143 cm³/mol. The second kappa shape index (κ2) is 12.5. The maximum absolute atomic E-state index is 12.8. The molecule has 2 aromatic rings. The molecule has 1 aliphatic carbocycles. The highest BCUT2D eigenvalue weighted by atomic mass is 16.7. The number of likely N-dealkylation sites (N-methyl/N-ethyl adjacent to an activating group) is 1. The molecule has 0 radical (unpaired) electrons. The molecule has 226 valence electrons. The normalized spacial score (nSPS) is 29.7. The Morgan fingerprint density at radius 3 is 2.63 bits per heavy atom. The highest BCUT2D eigenvalue weighted by Gasteiger charge is 2.46. The standard InChI is InChI=1S/C28H38N2O11/c1-3-37-27(36)13-4-5-15-16(8-13)24(41-28-23(35)22(34)21(33)18(11-31)40-28)26(38-7-6-29-2)25-20(15)17(12-39-25)14-9-19(32)30-10-14/h12-14,18,21-23,28-29,31,33-35H,3-11H2,1-2H3,(H,30,32). The summed E-state index contributed by atoms with van der Waals surface area (Å²) in [6.07, 6.45) is -4.33. The highest BCUT2D eigenvalue weighted by molar-refractivity contribution is 5.95. The van der Waals surface area contributed by atoms with Crippen LogP contribution in [0.5, 0.6) is 11.5 Å². The van der Waals surface area contributed by atoms with E-state index in [1.807, 2.05) is 0 Å². The molecule has 0 bridgehead atoms. The molecule has 2 fully saturated rings. The molecule has 2 saturated heterocycles. The number of carbonyl (C=O) groups is 2. The van der Waals surface area contributed by atoms with Crippen molar-refractivity contribution >= 4 is 22.8 Å². The molecule has 3 aliphatic rings. The van der Waals surface area contributed by atoms with Gasteiger partial charge in [0, 0.05) is 41.9 Å². The molecule has 2 aliphatic heterocycles. The molecule has 6 N–H and O–H groups in total. The first-order chi connectivity index (χ1) is 19.8. The molecule has 0 spiro atoms. The van der Waals surface area contributed by atoms with Crippen LogP contribution in [0.4, 0.5) is 0 Å². The minimum Gasteiger partial charge on any atom is -0.485 e. The number of aliphatic hydroxyl groups excluding tert-OH is 4. The van der Waals surface area contributed by atoms with E-state index in [1.54, 1.807) is 20.2 Å². The van der Waals surface area contributed by atoms with Gasteiger partial charge in [0.05, 0.1) is 25.4 Å². The average molecular weight is 579 g/mol. The summed E-state index contributed by atoms with van der Waals surface area (Å²) in [6.45, 7) is 2.53. The van der Waals surface area contributed by atoms with Crippen LogP contribution < -0.4 is 20.1 Å². The van der Waals surface area contributed by atoms with E-state index in [1.165, 1.54) is 0 Å². The quantitative estimate of drug-likeness (QED) is 0.157. The van der Waals surface area contributed by atoms with E-state index in [-0.39, 0.29) is 48.9 Å². The molecule has 7 atom stereocenters. The number of hydrogen-bond acceptors (Lipinski definition) is 12. The zero-order valence-corrected chi connectivity index (χ0v) is 23.1. The first-order valence-corrected chi connectivity index (χ1v) is 14.1. The summed E-state index contributed by atoms with van der Waals surface area (Å²) in [5, 5.41) is 47.8. The first-order valence-electron chi connectivity index (χ1n) is 14.1. The Morgan fingerprint density at radius 1 is 1.15 bits per heavy atom. The largest absolute Gasteiger partial charge is 0.485 e. The van der Waals surface area contributed by atoms with Crippen molar-refractivity contribution in [3.63, 3.8) is 0 Å². The molecule has 41 heavy (non-hydrogen) atoms. The Hall–Kier alpha value is -2.94. The van der Waals surface area contributed by atoms with E-state index in [2.05, 4.69) is 10.6 Å². The van der Waals surface area contributed by atoms with Crippen LogP contribution in [0.1, 0.15) is 42.4 Å². The third kappa shape index (κ3) is 5.62. The topological polar surface area (TPSA) is 189 Å². The van der Waals surface area contributed by atoms with Gasteiger partial charge in [-0.15, -0.1) is 0 Å². The number of carbonyl (C=O) groups excluding carboxylic acids is 2. The number of fused-ring (bicyclic) bond motifs is 3. The molecular formula is C28H38N2O11. The summed E-state index contributed by atoms with van der Waals surface area (Å²) in [4.78, 5) is 24.9. The minimum atomic E-state index is -1.66. The Morgan fingerprint density at radius 2 is 1.95 bits per heavy atom. The van der Waals surface area contributed by atoms with Gasteiger partial charge in [0.25, 0.3) is 0 Å². The van der Waals surface area contributed by atoms with E-state index in [4.69, 9.17) is 23.4 Å². The van der Waals surface area contributed by atoms with Crippen molar-refractivity contribution in [2.75, 3.05) is 40.0 Å². The summed E-state index contributed by atoms with van der Waals surface area (Å²) < 4.78 is 29.5. The van der Waals surface area contributed by atoms with Crippen molar-refractivity contribution in [2.24, 2.45) is 5.92 Å². The minimum absolute atomic E-state index is 0.0475. The summed E-state index contributed by atoms with van der Waals surface area (Å²) in [6, 6.07) is 0. The number of benzene rings is 1. The maximum Gasteiger partial charge on any atom is 0.309 e. The fourth-order valence-electron chi connectivity index (χ4n) is 5.92. The Kier molecular flexibility index (Phi) is 9.02. The second-order valence-corrected chi connectivity index (χ2v) is 10.7. The van der Waals surface area contributed by atoms with Gasteiger partial charge >= 0.3 is 5.97 Å². The van der Waals surface area contributed by atoms with Gasteiger partial charge in [-0.3, -0.25) is 9.59 Å². The Bertz CT molecular complexity index is 1260. The van der Waals surface area contributed by atoms with Gasteiger partial charge in [-0.05, 0) is 38.8 Å². The number of esters is 1. The molecule has 7 unspecified atom stereocenters. The Balaban J connectivity index is 1.65. The van der Waals surface area contributed by atoms with Gasteiger partial charge in [0.15, 0.2) is 11.3 Å². The molecule has 3 heterocycles. The van der Waals surface area contributed by atoms with E-state index in [0.29, 0.717) is 43.5 Å². The summed E-state index contributed by atoms with van der Waals surface area (Å²) in [7, 11) is 1.77. The van der Waals surface area contributed by atoms with E-state index in [0.717, 1.165) is 16.5 Å². The third-order valence-corrected chi connectivity index (χ3v) is 8.08. The van der Waals surface area contributed by atoms with Crippen molar-refractivity contribution < 1.29 is 53.4 Å². The maximum atomic E-state index is 12.8. The van der Waals surface area contributed by atoms with Crippen LogP contribution in [0.3, 0.4) is 0 Å². The van der Waals surface area contributed by atoms with Gasteiger partial charge in [0.2, 0.25) is 17.9 Å². The second-order valence-electron chi connectivity index (χ2n) is 10.7. The van der Waals surface area contributed by atoms with Crippen molar-refractivity contribution in [3.8, 4) is 11.5 Å². The number of ether oxygens (including phenoxy) is 4. The van der Waals surface area contributed by atoms with Crippen LogP contribution >= 0.6 is 0 Å². The lowest BCUT2D eigenvalue weighted by molar-refractivity contribution is -0.277. The van der Waals surface area contributed by atoms with Gasteiger partial charge in [-0.25, -0.2) is 0 Å². The van der Waals surface area contributed by atoms with Crippen LogP contribution in [0.25, 0.3) is 11.0 Å². The first kappa shape index (κ1) is 29.5. The lowest BCUT2D eigenvalue weighted by Gasteiger charge is -2.40. The molecule has 0 saturated carbocycles. The van der Waals surface area contributed by atoms with Crippen LogP contribution in [0.15, 0.2) is 10.7 Å². The number of amides is 1. The number of aryl methyl sites for hydroxylation is 1. The van der Waals surface area contributed by atoms with Crippen molar-refractivity contribution in [3.05, 3.63) is 23.0 Å². The van der Waals surface area contributed by atoms with Gasteiger partial charge in [0.1, 0.15) is 31.0 Å². The molecule has 1 aromatic heterocycles. The molecule has 13 nitrogen and oxygen atoms in total. The van der Waals surface area contributed by atoms with E-state index in [9.17, 15) is 30.0 Å². The Labute approximate surface area is 236 Å².